The van der Waals surface area contributed by atoms with Crippen molar-refractivity contribution in [1.29, 1.82) is 0 Å². The molecule has 1 atom stereocenters. The van der Waals surface area contributed by atoms with Gasteiger partial charge >= 0.3 is 17.9 Å². The maximum absolute atomic E-state index is 12.7. The summed E-state index contributed by atoms with van der Waals surface area (Å²) in [6, 6.07) is 0. The largest absolute Gasteiger partial charge is 0.462 e. The molecule has 0 radical (unpaired) electrons. The SMILES string of the molecule is CC/C=C\C/C=C\CCCCC(=O)OCC(COC(=O)CCCCCCCCCCCCCCCCCCCC)OC(=O)CCCCCCC/C=C\CCCC. The lowest BCUT2D eigenvalue weighted by Crippen LogP contribution is -2.30. The van der Waals surface area contributed by atoms with Crippen molar-refractivity contribution in [2.75, 3.05) is 13.2 Å². The number of carbonyl (C=O) groups is 3. The third-order valence-electron chi connectivity index (χ3n) is 10.4. The van der Waals surface area contributed by atoms with Crippen LogP contribution in [0.4, 0.5) is 0 Å². The Morgan fingerprint density at radius 2 is 0.714 bits per heavy atom. The Bertz CT molecular complexity index is 953. The van der Waals surface area contributed by atoms with E-state index < -0.39 is 6.10 Å². The first kappa shape index (κ1) is 53.6. The summed E-state index contributed by atoms with van der Waals surface area (Å²) < 4.78 is 16.7. The second kappa shape index (κ2) is 45.3. The molecular formula is C50H90O6. The van der Waals surface area contributed by atoms with Gasteiger partial charge in [0.05, 0.1) is 0 Å². The number of carbonyl (C=O) groups excluding carboxylic acids is 3. The van der Waals surface area contributed by atoms with E-state index in [9.17, 15) is 14.4 Å². The second-order valence-electron chi connectivity index (χ2n) is 16.0. The van der Waals surface area contributed by atoms with Crippen LogP contribution in [0.15, 0.2) is 36.5 Å². The average molecular weight is 787 g/mol. The number of rotatable bonds is 43. The Kier molecular flexibility index (Phi) is 43.4. The van der Waals surface area contributed by atoms with Crippen molar-refractivity contribution in [1.82, 2.24) is 0 Å². The van der Waals surface area contributed by atoms with Gasteiger partial charge in [-0.25, -0.2) is 0 Å². The zero-order valence-corrected chi connectivity index (χ0v) is 37.2. The summed E-state index contributed by atoms with van der Waals surface area (Å²) in [6.07, 6.45) is 51.5. The molecule has 0 heterocycles. The molecule has 56 heavy (non-hydrogen) atoms. The molecule has 0 aliphatic heterocycles. The van der Waals surface area contributed by atoms with E-state index in [2.05, 4.69) is 57.2 Å². The van der Waals surface area contributed by atoms with Crippen LogP contribution in [0.1, 0.15) is 245 Å². The zero-order valence-electron chi connectivity index (χ0n) is 37.2. The topological polar surface area (TPSA) is 78.9 Å². The second-order valence-corrected chi connectivity index (χ2v) is 16.0. The van der Waals surface area contributed by atoms with Gasteiger partial charge in [0.2, 0.25) is 0 Å². The van der Waals surface area contributed by atoms with Crippen molar-refractivity contribution in [2.45, 2.75) is 252 Å². The Hall–Kier alpha value is -2.37. The summed E-state index contributed by atoms with van der Waals surface area (Å²) in [4.78, 5) is 37.7. The lowest BCUT2D eigenvalue weighted by atomic mass is 10.0. The molecule has 0 aromatic carbocycles. The molecule has 0 aliphatic rings. The predicted molar refractivity (Wildman–Crippen MR) is 238 cm³/mol. The van der Waals surface area contributed by atoms with Gasteiger partial charge in [-0.2, -0.15) is 0 Å². The fourth-order valence-corrected chi connectivity index (χ4v) is 6.75. The first-order valence-corrected chi connectivity index (χ1v) is 24.0. The minimum absolute atomic E-state index is 0.0834. The number of allylic oxidation sites excluding steroid dienone is 6. The van der Waals surface area contributed by atoms with E-state index in [0.717, 1.165) is 83.5 Å². The number of hydrogen-bond donors (Lipinski definition) is 0. The average Bonchev–Trinajstić information content (AvgIpc) is 3.19. The van der Waals surface area contributed by atoms with Gasteiger partial charge in [-0.1, -0.05) is 198 Å². The van der Waals surface area contributed by atoms with Gasteiger partial charge in [-0.3, -0.25) is 14.4 Å². The molecule has 6 heteroatoms. The van der Waals surface area contributed by atoms with Gasteiger partial charge in [-0.15, -0.1) is 0 Å². The van der Waals surface area contributed by atoms with Crippen LogP contribution >= 0.6 is 0 Å². The van der Waals surface area contributed by atoms with Gasteiger partial charge < -0.3 is 14.2 Å². The number of esters is 3. The van der Waals surface area contributed by atoms with Crippen molar-refractivity contribution < 1.29 is 28.6 Å². The molecule has 0 rings (SSSR count). The molecule has 0 aliphatic carbocycles. The standard InChI is InChI=1S/C50H90O6/c1-4-7-10-13-16-19-21-22-23-24-25-26-27-29-31-34-37-40-43-49(52)55-46-47(45-54-48(51)42-39-36-33-30-18-15-12-9-6-3)56-50(53)44-41-38-35-32-28-20-17-14-11-8-5-2/h9,12,14,17-18,30,47H,4-8,10-11,13,15-16,19-29,31-46H2,1-3H3/b12-9-,17-14-,30-18-. The number of hydrogen-bond acceptors (Lipinski definition) is 6. The van der Waals surface area contributed by atoms with E-state index >= 15 is 0 Å². The molecule has 1 unspecified atom stereocenters. The van der Waals surface area contributed by atoms with Crippen LogP contribution < -0.4 is 0 Å². The monoisotopic (exact) mass is 787 g/mol. The van der Waals surface area contributed by atoms with Crippen LogP contribution in [-0.2, 0) is 28.6 Å². The quantitative estimate of drug-likeness (QED) is 0.0265. The molecule has 6 nitrogen and oxygen atoms in total. The van der Waals surface area contributed by atoms with Crippen molar-refractivity contribution in [2.24, 2.45) is 0 Å². The summed E-state index contributed by atoms with van der Waals surface area (Å²) >= 11 is 0. The highest BCUT2D eigenvalue weighted by Gasteiger charge is 2.19. The van der Waals surface area contributed by atoms with Crippen LogP contribution in [0.5, 0.6) is 0 Å². The molecule has 0 fully saturated rings. The molecule has 326 valence electrons. The van der Waals surface area contributed by atoms with Crippen LogP contribution in [0, 0.1) is 0 Å². The maximum atomic E-state index is 12.7. The van der Waals surface area contributed by atoms with E-state index in [0.29, 0.717) is 19.3 Å². The van der Waals surface area contributed by atoms with E-state index in [-0.39, 0.29) is 31.1 Å². The molecule has 0 aromatic rings. The Morgan fingerprint density at radius 3 is 1.18 bits per heavy atom. The number of ether oxygens (including phenoxy) is 3. The highest BCUT2D eigenvalue weighted by molar-refractivity contribution is 5.71. The predicted octanol–water partition coefficient (Wildman–Crippen LogP) is 15.4. The molecule has 0 spiro atoms. The Morgan fingerprint density at radius 1 is 0.375 bits per heavy atom. The van der Waals surface area contributed by atoms with Crippen LogP contribution in [0.3, 0.4) is 0 Å². The molecule has 0 aromatic heterocycles. The summed E-state index contributed by atoms with van der Waals surface area (Å²) in [5, 5.41) is 0. The Labute approximate surface area is 346 Å². The van der Waals surface area contributed by atoms with E-state index in [1.807, 2.05) is 0 Å². The lowest BCUT2D eigenvalue weighted by Gasteiger charge is -2.18. The number of unbranched alkanes of at least 4 members (excludes halogenated alkanes) is 26. The van der Waals surface area contributed by atoms with Crippen molar-refractivity contribution in [3.8, 4) is 0 Å². The third kappa shape index (κ3) is 42.8. The summed E-state index contributed by atoms with van der Waals surface area (Å²) in [5.74, 6) is -0.927. The van der Waals surface area contributed by atoms with Crippen LogP contribution in [0.2, 0.25) is 0 Å². The molecule has 0 N–H and O–H groups in total. The van der Waals surface area contributed by atoms with Gasteiger partial charge in [0.25, 0.3) is 0 Å². The van der Waals surface area contributed by atoms with E-state index in [1.165, 1.54) is 122 Å². The van der Waals surface area contributed by atoms with Gasteiger partial charge in [0, 0.05) is 19.3 Å². The molecule has 0 saturated heterocycles. The maximum Gasteiger partial charge on any atom is 0.306 e. The molecule has 0 bridgehead atoms. The molecular weight excluding hydrogens is 697 g/mol. The van der Waals surface area contributed by atoms with Crippen molar-refractivity contribution in [3.63, 3.8) is 0 Å². The summed E-state index contributed by atoms with van der Waals surface area (Å²) in [5.41, 5.74) is 0. The first-order chi connectivity index (χ1) is 27.5. The normalized spacial score (nSPS) is 12.3. The van der Waals surface area contributed by atoms with Gasteiger partial charge in [0.1, 0.15) is 13.2 Å². The van der Waals surface area contributed by atoms with Crippen molar-refractivity contribution >= 4 is 17.9 Å². The minimum atomic E-state index is -0.783. The first-order valence-electron chi connectivity index (χ1n) is 24.0. The summed E-state index contributed by atoms with van der Waals surface area (Å²) in [6.45, 7) is 6.45. The Balaban J connectivity index is 4.27. The fraction of sp³-hybridized carbons (Fsp3) is 0.820. The highest BCUT2D eigenvalue weighted by Crippen LogP contribution is 2.15. The van der Waals surface area contributed by atoms with Gasteiger partial charge in [-0.05, 0) is 64.2 Å². The third-order valence-corrected chi connectivity index (χ3v) is 10.4. The van der Waals surface area contributed by atoms with Crippen LogP contribution in [-0.4, -0.2) is 37.2 Å². The zero-order chi connectivity index (χ0) is 40.8. The fourth-order valence-electron chi connectivity index (χ4n) is 6.75. The highest BCUT2D eigenvalue weighted by atomic mass is 16.6. The lowest BCUT2D eigenvalue weighted by molar-refractivity contribution is -0.167. The molecule has 0 amide bonds. The van der Waals surface area contributed by atoms with Crippen molar-refractivity contribution in [3.05, 3.63) is 36.5 Å². The van der Waals surface area contributed by atoms with E-state index in [4.69, 9.17) is 14.2 Å². The van der Waals surface area contributed by atoms with Gasteiger partial charge in [0.15, 0.2) is 6.10 Å². The minimum Gasteiger partial charge on any atom is -0.462 e. The smallest absolute Gasteiger partial charge is 0.306 e. The molecule has 0 saturated carbocycles. The van der Waals surface area contributed by atoms with Crippen LogP contribution in [0.25, 0.3) is 0 Å². The summed E-state index contributed by atoms with van der Waals surface area (Å²) in [7, 11) is 0. The van der Waals surface area contributed by atoms with E-state index in [1.54, 1.807) is 0 Å².